The van der Waals surface area contributed by atoms with Crippen LogP contribution in [0.25, 0.3) is 0 Å². The maximum Gasteiger partial charge on any atom is 0.417 e. The van der Waals surface area contributed by atoms with Gasteiger partial charge in [0.2, 0.25) is 11.8 Å². The van der Waals surface area contributed by atoms with Crippen molar-refractivity contribution in [2.24, 2.45) is 0 Å². The van der Waals surface area contributed by atoms with Crippen LogP contribution in [0.5, 0.6) is 0 Å². The number of alkyl halides is 3. The summed E-state index contributed by atoms with van der Waals surface area (Å²) in [5.41, 5.74) is -0.200. The van der Waals surface area contributed by atoms with Crippen LogP contribution in [0.3, 0.4) is 0 Å². The summed E-state index contributed by atoms with van der Waals surface area (Å²) in [5, 5.41) is 6.88. The van der Waals surface area contributed by atoms with E-state index < -0.39 is 11.7 Å². The van der Waals surface area contributed by atoms with Crippen LogP contribution in [-0.2, 0) is 28.6 Å². The van der Waals surface area contributed by atoms with E-state index in [-0.39, 0.29) is 24.7 Å². The first kappa shape index (κ1) is 23.2. The molecule has 0 aromatic carbocycles. The first-order chi connectivity index (χ1) is 15.8. The predicted octanol–water partition coefficient (Wildman–Crippen LogP) is 3.69. The molecule has 4 heterocycles. The van der Waals surface area contributed by atoms with Gasteiger partial charge in [0.15, 0.2) is 5.13 Å². The summed E-state index contributed by atoms with van der Waals surface area (Å²) in [6.45, 7) is 1.84. The number of nitrogens with one attached hydrogen (secondary N) is 1. The Labute approximate surface area is 195 Å². The van der Waals surface area contributed by atoms with E-state index in [2.05, 4.69) is 15.3 Å². The van der Waals surface area contributed by atoms with Crippen LogP contribution >= 0.6 is 22.7 Å². The first-order valence-corrected chi connectivity index (χ1v) is 11.9. The molecule has 174 valence electrons. The molecule has 7 nitrogen and oxygen atoms in total. The normalized spacial score (nSPS) is 14.4. The van der Waals surface area contributed by atoms with Crippen molar-refractivity contribution >= 4 is 45.4 Å². The topological polar surface area (TPSA) is 78.4 Å². The number of nitrogens with zero attached hydrogens (tertiary/aromatic N) is 4. The zero-order valence-electron chi connectivity index (χ0n) is 17.3. The molecule has 4 rings (SSSR count). The lowest BCUT2D eigenvalue weighted by atomic mass is 10.2. The van der Waals surface area contributed by atoms with E-state index in [1.165, 1.54) is 28.7 Å². The molecule has 33 heavy (non-hydrogen) atoms. The number of thiophene rings is 1. The van der Waals surface area contributed by atoms with Crippen LogP contribution in [0.1, 0.15) is 16.1 Å². The molecule has 2 amide bonds. The number of halogens is 3. The fourth-order valence-electron chi connectivity index (χ4n) is 3.37. The molecule has 1 aliphatic rings. The van der Waals surface area contributed by atoms with Gasteiger partial charge in [0.25, 0.3) is 0 Å². The van der Waals surface area contributed by atoms with Crippen molar-refractivity contribution in [3.05, 3.63) is 57.4 Å². The van der Waals surface area contributed by atoms with Crippen LogP contribution in [0, 0.1) is 0 Å². The van der Waals surface area contributed by atoms with Gasteiger partial charge in [-0.3, -0.25) is 9.59 Å². The number of thiazole rings is 1. The molecule has 0 unspecified atom stereocenters. The molecule has 0 spiro atoms. The van der Waals surface area contributed by atoms with E-state index in [0.29, 0.717) is 42.8 Å². The molecule has 1 aliphatic heterocycles. The Kier molecular flexibility index (Phi) is 6.94. The summed E-state index contributed by atoms with van der Waals surface area (Å²) in [6, 6.07) is 6.15. The molecular weight excluding hydrogens is 475 g/mol. The Morgan fingerprint density at radius 2 is 1.85 bits per heavy atom. The van der Waals surface area contributed by atoms with Crippen LogP contribution in [-0.4, -0.2) is 52.9 Å². The number of rotatable bonds is 6. The van der Waals surface area contributed by atoms with Gasteiger partial charge in [-0.05, 0) is 23.6 Å². The number of pyridine rings is 1. The third-order valence-electron chi connectivity index (χ3n) is 5.08. The van der Waals surface area contributed by atoms with E-state index in [0.717, 1.165) is 17.1 Å². The third-order valence-corrected chi connectivity index (χ3v) is 6.76. The smallest absolute Gasteiger partial charge is 0.353 e. The maximum atomic E-state index is 12.7. The zero-order chi connectivity index (χ0) is 23.4. The lowest BCUT2D eigenvalue weighted by Crippen LogP contribution is -2.49. The molecular formula is C21H20F3N5O2S2. The van der Waals surface area contributed by atoms with E-state index >= 15 is 0 Å². The lowest BCUT2D eigenvalue weighted by Gasteiger charge is -2.35. The Morgan fingerprint density at radius 1 is 1.06 bits per heavy atom. The standard InChI is InChI=1S/C21H20F3N5O2S2/c22-21(23,24)14-3-4-17(25-12-14)28-5-7-29(8-6-28)19(31)10-15-13-33-20(26-15)27-18(30)11-16-2-1-9-32-16/h1-4,9,12-13H,5-8,10-11H2,(H,26,27,30). The molecule has 0 aliphatic carbocycles. The van der Waals surface area contributed by atoms with E-state index in [1.54, 1.807) is 10.3 Å². The van der Waals surface area contributed by atoms with Gasteiger partial charge in [-0.25, -0.2) is 9.97 Å². The molecule has 1 fully saturated rings. The van der Waals surface area contributed by atoms with Crippen LogP contribution < -0.4 is 10.2 Å². The highest BCUT2D eigenvalue weighted by molar-refractivity contribution is 7.14. The average molecular weight is 496 g/mol. The quantitative estimate of drug-likeness (QED) is 0.565. The Bertz CT molecular complexity index is 1090. The molecule has 1 saturated heterocycles. The Hall–Kier alpha value is -2.99. The van der Waals surface area contributed by atoms with Crippen molar-refractivity contribution in [1.29, 1.82) is 0 Å². The highest BCUT2D eigenvalue weighted by Gasteiger charge is 2.31. The van der Waals surface area contributed by atoms with Gasteiger partial charge in [-0.2, -0.15) is 13.2 Å². The number of anilines is 2. The number of amides is 2. The predicted molar refractivity (Wildman–Crippen MR) is 121 cm³/mol. The molecule has 0 bridgehead atoms. The van der Waals surface area contributed by atoms with Crippen molar-refractivity contribution in [3.8, 4) is 0 Å². The van der Waals surface area contributed by atoms with E-state index in [9.17, 15) is 22.8 Å². The van der Waals surface area contributed by atoms with Crippen LogP contribution in [0.4, 0.5) is 24.1 Å². The zero-order valence-corrected chi connectivity index (χ0v) is 19.0. The van der Waals surface area contributed by atoms with E-state index in [4.69, 9.17) is 0 Å². The minimum Gasteiger partial charge on any atom is -0.353 e. The SMILES string of the molecule is O=C(Cc1cccs1)Nc1nc(CC(=O)N2CCN(c3ccc(C(F)(F)F)cn3)CC2)cs1. The second-order valence-corrected chi connectivity index (χ2v) is 9.29. The summed E-state index contributed by atoms with van der Waals surface area (Å²) < 4.78 is 38.1. The van der Waals surface area contributed by atoms with Crippen molar-refractivity contribution in [1.82, 2.24) is 14.9 Å². The molecule has 0 saturated carbocycles. The molecule has 0 atom stereocenters. The summed E-state index contributed by atoms with van der Waals surface area (Å²) in [7, 11) is 0. The maximum absolute atomic E-state index is 12.7. The monoisotopic (exact) mass is 495 g/mol. The minimum atomic E-state index is -4.42. The average Bonchev–Trinajstić information content (AvgIpc) is 3.45. The van der Waals surface area contributed by atoms with Crippen molar-refractivity contribution in [2.75, 3.05) is 36.4 Å². The van der Waals surface area contributed by atoms with Crippen molar-refractivity contribution in [3.63, 3.8) is 0 Å². The Morgan fingerprint density at radius 3 is 2.48 bits per heavy atom. The molecule has 1 N–H and O–H groups in total. The van der Waals surface area contributed by atoms with Gasteiger partial charge in [0.05, 0.1) is 24.1 Å². The molecule has 3 aromatic heterocycles. The Balaban J connectivity index is 1.25. The largest absolute Gasteiger partial charge is 0.417 e. The minimum absolute atomic E-state index is 0.0863. The van der Waals surface area contributed by atoms with Gasteiger partial charge >= 0.3 is 6.18 Å². The molecule has 3 aromatic rings. The van der Waals surface area contributed by atoms with Gasteiger partial charge < -0.3 is 15.1 Å². The van der Waals surface area contributed by atoms with Crippen molar-refractivity contribution in [2.45, 2.75) is 19.0 Å². The summed E-state index contributed by atoms with van der Waals surface area (Å²) in [6.07, 6.45) is -3.19. The fourth-order valence-corrected chi connectivity index (χ4v) is 4.80. The first-order valence-electron chi connectivity index (χ1n) is 10.1. The lowest BCUT2D eigenvalue weighted by molar-refractivity contribution is -0.138. The van der Waals surface area contributed by atoms with Gasteiger partial charge in [-0.15, -0.1) is 22.7 Å². The van der Waals surface area contributed by atoms with Gasteiger partial charge in [0.1, 0.15) is 5.82 Å². The third kappa shape index (κ3) is 6.08. The number of carbonyl (C=O) groups excluding carboxylic acids is 2. The number of piperazine rings is 1. The number of carbonyl (C=O) groups is 2. The highest BCUT2D eigenvalue weighted by Crippen LogP contribution is 2.29. The van der Waals surface area contributed by atoms with Gasteiger partial charge in [0, 0.05) is 42.6 Å². The van der Waals surface area contributed by atoms with E-state index in [1.807, 2.05) is 22.4 Å². The summed E-state index contributed by atoms with van der Waals surface area (Å²) in [5.74, 6) is 0.215. The number of aromatic nitrogens is 2. The molecule has 0 radical (unpaired) electrons. The number of hydrogen-bond acceptors (Lipinski definition) is 7. The van der Waals surface area contributed by atoms with Crippen LogP contribution in [0.2, 0.25) is 0 Å². The second kappa shape index (κ2) is 9.87. The van der Waals surface area contributed by atoms with Crippen molar-refractivity contribution < 1.29 is 22.8 Å². The summed E-state index contributed by atoms with van der Waals surface area (Å²) in [4.78, 5) is 37.5. The number of hydrogen-bond donors (Lipinski definition) is 1. The van der Waals surface area contributed by atoms with Crippen LogP contribution in [0.15, 0.2) is 41.2 Å². The summed E-state index contributed by atoms with van der Waals surface area (Å²) >= 11 is 2.78. The van der Waals surface area contributed by atoms with Gasteiger partial charge in [-0.1, -0.05) is 6.07 Å². The molecule has 12 heteroatoms. The second-order valence-electron chi connectivity index (χ2n) is 7.40. The fraction of sp³-hybridized carbons (Fsp3) is 0.333. The highest BCUT2D eigenvalue weighted by atomic mass is 32.1.